The van der Waals surface area contributed by atoms with Gasteiger partial charge in [0.1, 0.15) is 35.0 Å². The number of primary amides is 1. The molecule has 2 aromatic carbocycles. The van der Waals surface area contributed by atoms with Crippen LogP contribution in [0.4, 0.5) is 17.6 Å². The molecule has 0 bridgehead atoms. The number of ether oxygens (including phenoxy) is 2. The van der Waals surface area contributed by atoms with Crippen molar-refractivity contribution in [3.05, 3.63) is 95.2 Å². The minimum atomic E-state index is -5.36. The predicted molar refractivity (Wildman–Crippen MR) is 162 cm³/mol. The zero-order valence-electron chi connectivity index (χ0n) is 25.3. The number of hydrogen-bond donors (Lipinski definition) is 3. The molecule has 4 N–H and O–H groups in total. The largest absolute Gasteiger partial charge is 0.490 e. The molecule has 1 aliphatic heterocycles. The van der Waals surface area contributed by atoms with Crippen LogP contribution in [0, 0.1) is 12.7 Å². The number of pyridine rings is 2. The summed E-state index contributed by atoms with van der Waals surface area (Å²) in [4.78, 5) is 34.3. The van der Waals surface area contributed by atoms with Crippen molar-refractivity contribution in [2.24, 2.45) is 5.73 Å². The van der Waals surface area contributed by atoms with Crippen LogP contribution >= 0.6 is 0 Å². The van der Waals surface area contributed by atoms with Gasteiger partial charge in [-0.3, -0.25) is 14.6 Å². The molecule has 2 aliphatic rings. The van der Waals surface area contributed by atoms with Gasteiger partial charge in [-0.25, -0.2) is 9.37 Å². The van der Waals surface area contributed by atoms with Crippen molar-refractivity contribution >= 4 is 11.8 Å². The van der Waals surface area contributed by atoms with Gasteiger partial charge >= 0.3 is 6.18 Å². The van der Waals surface area contributed by atoms with E-state index in [0.717, 1.165) is 31.0 Å². The van der Waals surface area contributed by atoms with Gasteiger partial charge in [-0.1, -0.05) is 6.07 Å². The summed E-state index contributed by atoms with van der Waals surface area (Å²) >= 11 is 0. The lowest BCUT2D eigenvalue weighted by Crippen LogP contribution is -2.51. The quantitative estimate of drug-likeness (QED) is 0.214. The second kappa shape index (κ2) is 11.6. The smallest absolute Gasteiger partial charge is 0.424 e. The van der Waals surface area contributed by atoms with E-state index >= 15 is 0 Å². The Balaban J connectivity index is 1.38. The normalized spacial score (nSPS) is 18.5. The molecular formula is C34H30F4N4O5. The SMILES string of the molecule is Cc1ncccc1-c1cc(C(=O)NC[C@](O)(c2cc3c(c(-c4ccc(F)cc4)n2)OC[C@]3(C)C(N)=O)C(F)(F)F)ccc1OC1CC1. The minimum Gasteiger partial charge on any atom is -0.490 e. The number of halogens is 4. The molecule has 244 valence electrons. The number of nitrogens with one attached hydrogen (secondary N) is 1. The number of aliphatic hydroxyl groups is 1. The second-order valence-corrected chi connectivity index (χ2v) is 11.9. The second-order valence-electron chi connectivity index (χ2n) is 11.9. The first kappa shape index (κ1) is 31.9. The predicted octanol–water partition coefficient (Wildman–Crippen LogP) is 5.11. The minimum absolute atomic E-state index is 0.0135. The Kier molecular flexibility index (Phi) is 7.91. The van der Waals surface area contributed by atoms with E-state index < -0.39 is 47.1 Å². The van der Waals surface area contributed by atoms with E-state index in [4.69, 9.17) is 15.2 Å². The third-order valence-corrected chi connectivity index (χ3v) is 8.49. The summed E-state index contributed by atoms with van der Waals surface area (Å²) < 4.78 is 69.8. The van der Waals surface area contributed by atoms with Crippen LogP contribution in [0.2, 0.25) is 0 Å². The maximum atomic E-state index is 14.8. The van der Waals surface area contributed by atoms with Crippen molar-refractivity contribution in [1.82, 2.24) is 15.3 Å². The lowest BCUT2D eigenvalue weighted by molar-refractivity contribution is -0.265. The molecule has 0 spiro atoms. The lowest BCUT2D eigenvalue weighted by Gasteiger charge is -2.31. The maximum absolute atomic E-state index is 14.8. The Morgan fingerprint density at radius 3 is 2.47 bits per heavy atom. The summed E-state index contributed by atoms with van der Waals surface area (Å²) in [6, 6.07) is 13.6. The Hall–Kier alpha value is -5.04. The summed E-state index contributed by atoms with van der Waals surface area (Å²) in [5.41, 5.74) is 1.26. The van der Waals surface area contributed by atoms with Crippen molar-refractivity contribution in [3.8, 4) is 33.9 Å². The van der Waals surface area contributed by atoms with Gasteiger partial charge in [-0.15, -0.1) is 0 Å². The van der Waals surface area contributed by atoms with Crippen molar-refractivity contribution in [2.75, 3.05) is 13.2 Å². The number of benzene rings is 2. The third-order valence-electron chi connectivity index (χ3n) is 8.49. The Bertz CT molecular complexity index is 1880. The molecule has 0 saturated heterocycles. The summed E-state index contributed by atoms with van der Waals surface area (Å²) in [6.45, 7) is 1.55. The molecule has 2 amide bonds. The number of aryl methyl sites for hydroxylation is 1. The van der Waals surface area contributed by atoms with E-state index in [9.17, 15) is 32.3 Å². The first-order valence-corrected chi connectivity index (χ1v) is 14.8. The topological polar surface area (TPSA) is 137 Å². The van der Waals surface area contributed by atoms with Gasteiger partial charge in [0.05, 0.1) is 18.3 Å². The monoisotopic (exact) mass is 650 g/mol. The van der Waals surface area contributed by atoms with E-state index in [1.54, 1.807) is 31.3 Å². The summed E-state index contributed by atoms with van der Waals surface area (Å²) in [5, 5.41) is 13.6. The van der Waals surface area contributed by atoms with E-state index in [1.807, 2.05) is 0 Å². The highest BCUT2D eigenvalue weighted by molar-refractivity contribution is 5.96. The van der Waals surface area contributed by atoms with Crippen LogP contribution in [0.15, 0.2) is 66.9 Å². The summed E-state index contributed by atoms with van der Waals surface area (Å²) in [6.07, 6.45) is -1.94. The van der Waals surface area contributed by atoms with Gasteiger partial charge < -0.3 is 25.6 Å². The average molecular weight is 651 g/mol. The zero-order chi connectivity index (χ0) is 33.7. The fraction of sp³-hybridized carbons (Fsp3) is 0.294. The fourth-order valence-electron chi connectivity index (χ4n) is 5.37. The number of rotatable bonds is 9. The standard InChI is InChI=1S/C34H30F4N4O5/c1-18-23(4-3-13-40-18)24-14-20(7-12-26(24)47-22-10-11-22)30(43)41-16-33(45,34(36,37)38)27-15-25-29(46-17-32(25,2)31(39)44)28(42-27)19-5-8-21(35)9-6-19/h3-9,12-15,22,45H,10-11,16-17H2,1-2H3,(H2,39,44)(H,41,43)/t32-,33-/m0/s1. The molecular weight excluding hydrogens is 620 g/mol. The number of alkyl halides is 3. The molecule has 2 aromatic heterocycles. The molecule has 1 aliphatic carbocycles. The number of carbonyl (C=O) groups excluding carboxylic acids is 2. The summed E-state index contributed by atoms with van der Waals surface area (Å²) in [5.74, 6) is -1.91. The number of aromatic nitrogens is 2. The third kappa shape index (κ3) is 5.86. The highest BCUT2D eigenvalue weighted by Crippen LogP contribution is 2.48. The summed E-state index contributed by atoms with van der Waals surface area (Å²) in [7, 11) is 0. The highest BCUT2D eigenvalue weighted by atomic mass is 19.4. The Morgan fingerprint density at radius 2 is 1.83 bits per heavy atom. The van der Waals surface area contributed by atoms with Gasteiger partial charge in [-0.05, 0) is 81.3 Å². The van der Waals surface area contributed by atoms with Crippen LogP contribution in [0.5, 0.6) is 11.5 Å². The van der Waals surface area contributed by atoms with Crippen molar-refractivity contribution < 1.29 is 41.7 Å². The first-order chi connectivity index (χ1) is 22.2. The number of amides is 2. The Labute approximate surface area is 266 Å². The van der Waals surface area contributed by atoms with E-state index in [-0.39, 0.29) is 40.8 Å². The van der Waals surface area contributed by atoms with Gasteiger partial charge in [0.15, 0.2) is 0 Å². The Morgan fingerprint density at radius 1 is 1.11 bits per heavy atom. The van der Waals surface area contributed by atoms with Crippen LogP contribution in [0.1, 0.15) is 47.1 Å². The molecule has 6 rings (SSSR count). The molecule has 47 heavy (non-hydrogen) atoms. The number of nitrogens with zero attached hydrogens (tertiary/aromatic N) is 2. The maximum Gasteiger partial charge on any atom is 0.424 e. The first-order valence-electron chi connectivity index (χ1n) is 14.8. The van der Waals surface area contributed by atoms with Gasteiger partial charge in [0.25, 0.3) is 5.91 Å². The van der Waals surface area contributed by atoms with Crippen LogP contribution in [0.3, 0.4) is 0 Å². The number of carbonyl (C=O) groups is 2. The molecule has 0 radical (unpaired) electrons. The zero-order valence-corrected chi connectivity index (χ0v) is 25.3. The van der Waals surface area contributed by atoms with Gasteiger partial charge in [0, 0.05) is 39.7 Å². The molecule has 3 heterocycles. The number of fused-ring (bicyclic) bond motifs is 1. The van der Waals surface area contributed by atoms with Crippen LogP contribution in [-0.2, 0) is 15.8 Å². The van der Waals surface area contributed by atoms with Crippen molar-refractivity contribution in [3.63, 3.8) is 0 Å². The van der Waals surface area contributed by atoms with Crippen LogP contribution < -0.4 is 20.5 Å². The van der Waals surface area contributed by atoms with E-state index in [1.165, 1.54) is 31.2 Å². The molecule has 4 aromatic rings. The molecule has 13 heteroatoms. The van der Waals surface area contributed by atoms with E-state index in [2.05, 4.69) is 15.3 Å². The highest BCUT2D eigenvalue weighted by Gasteiger charge is 2.57. The van der Waals surface area contributed by atoms with Gasteiger partial charge in [0.2, 0.25) is 11.5 Å². The lowest BCUT2D eigenvalue weighted by atomic mass is 9.81. The van der Waals surface area contributed by atoms with Crippen LogP contribution in [-0.4, -0.2) is 52.3 Å². The van der Waals surface area contributed by atoms with Crippen LogP contribution in [0.25, 0.3) is 22.4 Å². The average Bonchev–Trinajstić information content (AvgIpc) is 3.79. The molecule has 1 saturated carbocycles. The fourth-order valence-corrected chi connectivity index (χ4v) is 5.37. The molecule has 2 atom stereocenters. The molecule has 0 unspecified atom stereocenters. The molecule has 1 fully saturated rings. The van der Waals surface area contributed by atoms with E-state index in [0.29, 0.717) is 22.6 Å². The molecule has 9 nitrogen and oxygen atoms in total. The van der Waals surface area contributed by atoms with Gasteiger partial charge in [-0.2, -0.15) is 13.2 Å². The van der Waals surface area contributed by atoms with Crippen molar-refractivity contribution in [1.29, 1.82) is 0 Å². The number of nitrogens with two attached hydrogens (primary N) is 1. The van der Waals surface area contributed by atoms with Crippen molar-refractivity contribution in [2.45, 2.75) is 50.0 Å². The number of hydrogen-bond acceptors (Lipinski definition) is 7.